The van der Waals surface area contributed by atoms with Gasteiger partial charge in [-0.05, 0) is 56.6 Å². The molecule has 1 aliphatic carbocycles. The zero-order valence-corrected chi connectivity index (χ0v) is 15.4. The van der Waals surface area contributed by atoms with E-state index in [2.05, 4.69) is 25.7 Å². The third kappa shape index (κ3) is 2.62. The minimum absolute atomic E-state index is 0.101. The summed E-state index contributed by atoms with van der Waals surface area (Å²) in [5.41, 5.74) is 1.40. The van der Waals surface area contributed by atoms with E-state index in [0.717, 1.165) is 61.7 Å². The molecule has 3 aliphatic rings. The van der Waals surface area contributed by atoms with Gasteiger partial charge in [0, 0.05) is 24.4 Å². The Labute approximate surface area is 152 Å². The summed E-state index contributed by atoms with van der Waals surface area (Å²) in [7, 11) is 0. The van der Waals surface area contributed by atoms with Gasteiger partial charge < -0.3 is 9.47 Å². The fourth-order valence-electron chi connectivity index (χ4n) is 4.61. The molecular formula is C19H24N4OS. The van der Waals surface area contributed by atoms with Crippen molar-refractivity contribution in [2.24, 2.45) is 0 Å². The Hall–Kier alpha value is -1.69. The topological polar surface area (TPSA) is 51.0 Å². The van der Waals surface area contributed by atoms with Crippen LogP contribution in [0.25, 0.3) is 0 Å². The molecule has 1 saturated heterocycles. The van der Waals surface area contributed by atoms with Gasteiger partial charge >= 0.3 is 0 Å². The lowest BCUT2D eigenvalue weighted by Gasteiger charge is -2.24. The number of aromatic nitrogens is 3. The van der Waals surface area contributed by atoms with Crippen LogP contribution in [-0.2, 0) is 25.8 Å². The van der Waals surface area contributed by atoms with Gasteiger partial charge in [0.25, 0.3) is 5.91 Å². The molecule has 5 nitrogen and oxygen atoms in total. The summed E-state index contributed by atoms with van der Waals surface area (Å²) in [5, 5.41) is 8.97. The largest absolute Gasteiger partial charge is 0.328 e. The highest BCUT2D eigenvalue weighted by molar-refractivity contribution is 7.14. The Balaban J connectivity index is 1.44. The third-order valence-electron chi connectivity index (χ3n) is 5.91. The van der Waals surface area contributed by atoms with E-state index < -0.39 is 0 Å². The molecule has 1 amide bonds. The van der Waals surface area contributed by atoms with Gasteiger partial charge in [-0.15, -0.1) is 21.5 Å². The number of amides is 1. The first-order chi connectivity index (χ1) is 12.3. The average molecular weight is 356 g/mol. The quantitative estimate of drug-likeness (QED) is 0.827. The summed E-state index contributed by atoms with van der Waals surface area (Å²) in [4.78, 5) is 17.6. The highest BCUT2D eigenvalue weighted by Gasteiger charge is 2.35. The van der Waals surface area contributed by atoms with Crippen molar-refractivity contribution in [2.45, 2.75) is 70.4 Å². The first-order valence-corrected chi connectivity index (χ1v) is 10.5. The Morgan fingerprint density at radius 1 is 1.04 bits per heavy atom. The van der Waals surface area contributed by atoms with Gasteiger partial charge in [-0.3, -0.25) is 4.79 Å². The number of likely N-dealkylation sites (tertiary alicyclic amines) is 1. The fraction of sp³-hybridized carbons (Fsp3) is 0.632. The van der Waals surface area contributed by atoms with Crippen molar-refractivity contribution in [3.05, 3.63) is 33.0 Å². The SMILES string of the molecule is O=C(c1cc2c(s1)CCC2)N1CCC[C@@H]1c1nnc2n1CCCCC2. The van der Waals surface area contributed by atoms with Crippen LogP contribution < -0.4 is 0 Å². The molecule has 25 heavy (non-hydrogen) atoms. The number of aryl methyl sites for hydroxylation is 3. The van der Waals surface area contributed by atoms with E-state index in [4.69, 9.17) is 0 Å². The maximum atomic E-state index is 13.2. The van der Waals surface area contributed by atoms with Crippen LogP contribution in [0.1, 0.15) is 76.3 Å². The Bertz CT molecular complexity index is 787. The van der Waals surface area contributed by atoms with E-state index in [1.807, 2.05) is 0 Å². The van der Waals surface area contributed by atoms with Gasteiger partial charge in [0.1, 0.15) is 5.82 Å². The summed E-state index contributed by atoms with van der Waals surface area (Å²) in [5.74, 6) is 2.33. The number of carbonyl (C=O) groups is 1. The van der Waals surface area contributed by atoms with Crippen molar-refractivity contribution in [1.29, 1.82) is 0 Å². The predicted molar refractivity (Wildman–Crippen MR) is 96.9 cm³/mol. The van der Waals surface area contributed by atoms with Crippen molar-refractivity contribution >= 4 is 17.2 Å². The van der Waals surface area contributed by atoms with E-state index in [1.165, 1.54) is 36.1 Å². The predicted octanol–water partition coefficient (Wildman–Crippen LogP) is 3.53. The van der Waals surface area contributed by atoms with Gasteiger partial charge in [-0.25, -0.2) is 0 Å². The van der Waals surface area contributed by atoms with E-state index in [-0.39, 0.29) is 11.9 Å². The van der Waals surface area contributed by atoms with Gasteiger partial charge in [0.15, 0.2) is 5.82 Å². The first kappa shape index (κ1) is 15.6. The molecule has 0 bridgehead atoms. The van der Waals surface area contributed by atoms with Crippen LogP contribution in [0.15, 0.2) is 6.07 Å². The van der Waals surface area contributed by atoms with Crippen molar-refractivity contribution in [2.75, 3.05) is 6.54 Å². The zero-order valence-electron chi connectivity index (χ0n) is 14.5. The normalized spacial score (nSPS) is 22.7. The molecule has 0 unspecified atom stereocenters. The summed E-state index contributed by atoms with van der Waals surface area (Å²) in [6.07, 6.45) is 10.3. The second-order valence-electron chi connectivity index (χ2n) is 7.51. The molecule has 0 spiro atoms. The summed E-state index contributed by atoms with van der Waals surface area (Å²) in [6, 6.07) is 2.25. The molecule has 2 aromatic rings. The third-order valence-corrected chi connectivity index (χ3v) is 7.13. The van der Waals surface area contributed by atoms with Gasteiger partial charge in [0.2, 0.25) is 0 Å². The average Bonchev–Trinajstić information content (AvgIpc) is 3.35. The maximum Gasteiger partial charge on any atom is 0.264 e. The van der Waals surface area contributed by atoms with Crippen molar-refractivity contribution < 1.29 is 4.79 Å². The number of hydrogen-bond donors (Lipinski definition) is 0. The fourth-order valence-corrected chi connectivity index (χ4v) is 5.82. The number of nitrogens with zero attached hydrogens (tertiary/aromatic N) is 4. The Morgan fingerprint density at radius 3 is 2.92 bits per heavy atom. The van der Waals surface area contributed by atoms with Gasteiger partial charge in [-0.2, -0.15) is 0 Å². The van der Waals surface area contributed by atoms with Crippen LogP contribution in [0.2, 0.25) is 0 Å². The van der Waals surface area contributed by atoms with Crippen LogP contribution in [0, 0.1) is 0 Å². The maximum absolute atomic E-state index is 13.2. The second kappa shape index (κ2) is 6.24. The van der Waals surface area contributed by atoms with Crippen LogP contribution in [0.5, 0.6) is 0 Å². The lowest BCUT2D eigenvalue weighted by molar-refractivity contribution is 0.0732. The molecular weight excluding hydrogens is 332 g/mol. The molecule has 2 aliphatic heterocycles. The van der Waals surface area contributed by atoms with Crippen LogP contribution in [-0.4, -0.2) is 32.1 Å². The highest BCUT2D eigenvalue weighted by Crippen LogP contribution is 2.36. The molecule has 5 rings (SSSR count). The molecule has 0 N–H and O–H groups in total. The summed E-state index contributed by atoms with van der Waals surface area (Å²) < 4.78 is 2.30. The lowest BCUT2D eigenvalue weighted by Crippen LogP contribution is -2.31. The molecule has 132 valence electrons. The molecule has 0 aromatic carbocycles. The smallest absolute Gasteiger partial charge is 0.264 e. The van der Waals surface area contributed by atoms with E-state index in [9.17, 15) is 4.79 Å². The standard InChI is InChI=1S/C19H24N4OS/c24-19(16-12-13-6-4-8-15(13)25-16)22-11-5-7-14(22)18-21-20-17-9-2-1-3-10-23(17)18/h12,14H,1-11H2/t14-/m1/s1. The number of thiophene rings is 1. The van der Waals surface area contributed by atoms with Crippen LogP contribution in [0.4, 0.5) is 0 Å². The minimum Gasteiger partial charge on any atom is -0.328 e. The lowest BCUT2D eigenvalue weighted by atomic mass is 10.2. The Kier molecular flexibility index (Phi) is 3.88. The van der Waals surface area contributed by atoms with E-state index in [0.29, 0.717) is 0 Å². The summed E-state index contributed by atoms with van der Waals surface area (Å²) in [6.45, 7) is 1.84. The minimum atomic E-state index is 0.101. The first-order valence-electron chi connectivity index (χ1n) is 9.66. The number of rotatable bonds is 2. The Morgan fingerprint density at radius 2 is 2.00 bits per heavy atom. The summed E-state index contributed by atoms with van der Waals surface area (Å²) >= 11 is 1.71. The molecule has 4 heterocycles. The monoisotopic (exact) mass is 356 g/mol. The molecule has 6 heteroatoms. The molecule has 0 radical (unpaired) electrons. The number of carbonyl (C=O) groups excluding carboxylic acids is 1. The van der Waals surface area contributed by atoms with Gasteiger partial charge in [-0.1, -0.05) is 6.42 Å². The van der Waals surface area contributed by atoms with Crippen molar-refractivity contribution in [3.8, 4) is 0 Å². The van der Waals surface area contributed by atoms with Gasteiger partial charge in [0.05, 0.1) is 10.9 Å². The molecule has 2 aromatic heterocycles. The molecule has 0 saturated carbocycles. The number of hydrogen-bond acceptors (Lipinski definition) is 4. The van der Waals surface area contributed by atoms with Crippen molar-refractivity contribution in [3.63, 3.8) is 0 Å². The molecule has 1 fully saturated rings. The zero-order chi connectivity index (χ0) is 16.8. The van der Waals surface area contributed by atoms with Crippen LogP contribution in [0.3, 0.4) is 0 Å². The van der Waals surface area contributed by atoms with E-state index in [1.54, 1.807) is 11.3 Å². The number of fused-ring (bicyclic) bond motifs is 2. The van der Waals surface area contributed by atoms with Crippen LogP contribution >= 0.6 is 11.3 Å². The molecule has 1 atom stereocenters. The highest BCUT2D eigenvalue weighted by atomic mass is 32.1. The van der Waals surface area contributed by atoms with Crippen molar-refractivity contribution in [1.82, 2.24) is 19.7 Å². The van der Waals surface area contributed by atoms with E-state index >= 15 is 0 Å². The second-order valence-corrected chi connectivity index (χ2v) is 8.64.